The molecule has 2 aromatic carbocycles. The van der Waals surface area contributed by atoms with E-state index < -0.39 is 0 Å². The first-order valence-corrected chi connectivity index (χ1v) is 11.6. The zero-order valence-corrected chi connectivity index (χ0v) is 18.3. The third kappa shape index (κ3) is 4.79. The van der Waals surface area contributed by atoms with Crippen LogP contribution in [-0.2, 0) is 5.75 Å². The molecule has 0 saturated heterocycles. The maximum atomic E-state index is 12.2. The molecule has 5 aromatic rings. The van der Waals surface area contributed by atoms with Gasteiger partial charge in [0.1, 0.15) is 17.1 Å². The fraction of sp³-hybridized carbons (Fsp3) is 0.0435. The van der Waals surface area contributed by atoms with Crippen molar-refractivity contribution in [3.63, 3.8) is 0 Å². The summed E-state index contributed by atoms with van der Waals surface area (Å²) in [6.07, 6.45) is 1.71. The van der Waals surface area contributed by atoms with Crippen LogP contribution in [0.25, 0.3) is 5.65 Å². The largest absolute Gasteiger partial charge is 0.457 e. The van der Waals surface area contributed by atoms with Gasteiger partial charge in [0, 0.05) is 23.7 Å². The van der Waals surface area contributed by atoms with Crippen molar-refractivity contribution < 1.29 is 4.74 Å². The lowest BCUT2D eigenvalue weighted by Crippen LogP contribution is -2.14. The van der Waals surface area contributed by atoms with Crippen molar-refractivity contribution in [1.29, 1.82) is 0 Å². The number of nitrogens with zero attached hydrogens (tertiary/aromatic N) is 4. The number of fused-ring (bicyclic) bond motifs is 1. The van der Waals surface area contributed by atoms with E-state index in [0.717, 1.165) is 21.5 Å². The fourth-order valence-electron chi connectivity index (χ4n) is 2.99. The molecule has 9 heteroatoms. The molecule has 3 aromatic heterocycles. The Kier molecular flexibility index (Phi) is 5.82. The average Bonchev–Trinajstić information content (AvgIpc) is 3.27. The molecule has 0 fully saturated rings. The topological polar surface area (TPSA) is 81.4 Å². The van der Waals surface area contributed by atoms with Crippen LogP contribution in [0.15, 0.2) is 94.2 Å². The summed E-state index contributed by atoms with van der Waals surface area (Å²) in [6, 6.07) is 24.4. The maximum absolute atomic E-state index is 12.2. The Labute approximate surface area is 191 Å². The molecule has 0 atom stereocenters. The Morgan fingerprint density at radius 2 is 1.72 bits per heavy atom. The number of ether oxygens (including phenoxy) is 1. The van der Waals surface area contributed by atoms with Crippen LogP contribution in [-0.4, -0.2) is 19.6 Å². The first-order valence-electron chi connectivity index (χ1n) is 9.76. The first-order chi connectivity index (χ1) is 15.7. The SMILES string of the molecule is O=c1cc(CSc2nnc(Nc3ccc(Oc4ccccc4)cc3)s2)nc2ccccn12. The molecule has 0 aliphatic rings. The van der Waals surface area contributed by atoms with Gasteiger partial charge in [-0.3, -0.25) is 9.20 Å². The van der Waals surface area contributed by atoms with Crippen molar-refractivity contribution in [3.8, 4) is 11.5 Å². The quantitative estimate of drug-likeness (QED) is 0.328. The van der Waals surface area contributed by atoms with Crippen molar-refractivity contribution in [1.82, 2.24) is 19.6 Å². The molecule has 32 heavy (non-hydrogen) atoms. The van der Waals surface area contributed by atoms with E-state index in [0.29, 0.717) is 22.2 Å². The molecule has 0 aliphatic carbocycles. The minimum absolute atomic E-state index is 0.0921. The lowest BCUT2D eigenvalue weighted by molar-refractivity contribution is 0.483. The number of hydrogen-bond acceptors (Lipinski definition) is 8. The summed E-state index contributed by atoms with van der Waals surface area (Å²) in [4.78, 5) is 16.7. The van der Waals surface area contributed by atoms with Gasteiger partial charge < -0.3 is 10.1 Å². The standard InChI is InChI=1S/C23H17N5O2S2/c29-21-14-17(24-20-8-4-5-13-28(20)21)15-31-23-27-26-22(32-23)25-16-9-11-19(12-10-16)30-18-6-2-1-3-7-18/h1-14H,15H2,(H,25,26). The third-order valence-electron chi connectivity index (χ3n) is 4.46. The normalized spacial score (nSPS) is 10.9. The number of rotatable bonds is 7. The van der Waals surface area contributed by atoms with Gasteiger partial charge in [-0.25, -0.2) is 4.98 Å². The summed E-state index contributed by atoms with van der Waals surface area (Å²) in [5.41, 5.74) is 2.15. The Morgan fingerprint density at radius 1 is 0.938 bits per heavy atom. The number of para-hydroxylation sites is 1. The molecule has 5 rings (SSSR count). The van der Waals surface area contributed by atoms with Gasteiger partial charge in [0.15, 0.2) is 4.34 Å². The van der Waals surface area contributed by atoms with E-state index >= 15 is 0 Å². The minimum Gasteiger partial charge on any atom is -0.457 e. The summed E-state index contributed by atoms with van der Waals surface area (Å²) >= 11 is 2.95. The third-order valence-corrected chi connectivity index (χ3v) is 6.46. The van der Waals surface area contributed by atoms with Crippen molar-refractivity contribution in [3.05, 3.63) is 101 Å². The van der Waals surface area contributed by atoms with Crippen LogP contribution < -0.4 is 15.6 Å². The number of thioether (sulfide) groups is 1. The summed E-state index contributed by atoms with van der Waals surface area (Å²) in [7, 11) is 0. The molecule has 0 radical (unpaired) electrons. The van der Waals surface area contributed by atoms with Crippen LogP contribution >= 0.6 is 23.1 Å². The zero-order valence-electron chi connectivity index (χ0n) is 16.7. The molecule has 0 bridgehead atoms. The molecular formula is C23H17N5O2S2. The molecule has 0 spiro atoms. The number of aromatic nitrogens is 4. The second-order valence-corrected chi connectivity index (χ2v) is 8.94. The van der Waals surface area contributed by atoms with Crippen molar-refractivity contribution >= 4 is 39.6 Å². The smallest absolute Gasteiger partial charge is 0.258 e. The van der Waals surface area contributed by atoms with E-state index in [9.17, 15) is 4.79 Å². The number of benzene rings is 2. The van der Waals surface area contributed by atoms with Crippen LogP contribution in [0, 0.1) is 0 Å². The average molecular weight is 460 g/mol. The Hall–Kier alpha value is -3.69. The van der Waals surface area contributed by atoms with Crippen molar-refractivity contribution in [2.45, 2.75) is 10.1 Å². The number of nitrogens with one attached hydrogen (secondary N) is 1. The minimum atomic E-state index is -0.0921. The van der Waals surface area contributed by atoms with Gasteiger partial charge in [0.25, 0.3) is 5.56 Å². The van der Waals surface area contributed by atoms with E-state index in [4.69, 9.17) is 4.74 Å². The van der Waals surface area contributed by atoms with Crippen LogP contribution in [0.2, 0.25) is 0 Å². The first kappa shape index (κ1) is 20.2. The molecule has 3 heterocycles. The monoisotopic (exact) mass is 459 g/mol. The van der Waals surface area contributed by atoms with Crippen LogP contribution in [0.4, 0.5) is 10.8 Å². The number of pyridine rings is 1. The zero-order chi connectivity index (χ0) is 21.8. The highest BCUT2D eigenvalue weighted by atomic mass is 32.2. The predicted molar refractivity (Wildman–Crippen MR) is 127 cm³/mol. The molecule has 0 aliphatic heterocycles. The summed E-state index contributed by atoms with van der Waals surface area (Å²) in [5.74, 6) is 2.09. The maximum Gasteiger partial charge on any atom is 0.258 e. The van der Waals surface area contributed by atoms with Crippen LogP contribution in [0.5, 0.6) is 11.5 Å². The van der Waals surface area contributed by atoms with Gasteiger partial charge in [-0.1, -0.05) is 47.4 Å². The lowest BCUT2D eigenvalue weighted by atomic mass is 10.3. The molecule has 7 nitrogen and oxygen atoms in total. The van der Waals surface area contributed by atoms with E-state index in [2.05, 4.69) is 20.5 Å². The highest BCUT2D eigenvalue weighted by molar-refractivity contribution is 8.00. The van der Waals surface area contributed by atoms with Gasteiger partial charge in [0.05, 0.1) is 5.69 Å². The predicted octanol–water partition coefficient (Wildman–Crippen LogP) is 5.37. The van der Waals surface area contributed by atoms with E-state index in [1.807, 2.05) is 72.8 Å². The Bertz CT molecular complexity index is 1400. The van der Waals surface area contributed by atoms with Crippen LogP contribution in [0.3, 0.4) is 0 Å². The Balaban J connectivity index is 1.20. The molecule has 0 amide bonds. The molecule has 1 N–H and O–H groups in total. The van der Waals surface area contributed by atoms with Gasteiger partial charge in [-0.05, 0) is 48.5 Å². The van der Waals surface area contributed by atoms with E-state index in [1.54, 1.807) is 12.3 Å². The highest BCUT2D eigenvalue weighted by Crippen LogP contribution is 2.30. The van der Waals surface area contributed by atoms with E-state index in [1.165, 1.54) is 27.5 Å². The van der Waals surface area contributed by atoms with Crippen molar-refractivity contribution in [2.24, 2.45) is 0 Å². The highest BCUT2D eigenvalue weighted by Gasteiger charge is 2.08. The van der Waals surface area contributed by atoms with E-state index in [-0.39, 0.29) is 5.56 Å². The van der Waals surface area contributed by atoms with Gasteiger partial charge >= 0.3 is 0 Å². The second kappa shape index (κ2) is 9.21. The van der Waals surface area contributed by atoms with Gasteiger partial charge in [-0.15, -0.1) is 10.2 Å². The van der Waals surface area contributed by atoms with Gasteiger partial charge in [0.2, 0.25) is 5.13 Å². The number of hydrogen-bond donors (Lipinski definition) is 1. The lowest BCUT2D eigenvalue weighted by Gasteiger charge is -2.06. The fourth-order valence-corrected chi connectivity index (χ4v) is 4.65. The molecule has 0 saturated carbocycles. The summed E-state index contributed by atoms with van der Waals surface area (Å²) in [6.45, 7) is 0. The summed E-state index contributed by atoms with van der Waals surface area (Å²) < 4.78 is 8.13. The summed E-state index contributed by atoms with van der Waals surface area (Å²) in [5, 5.41) is 12.4. The van der Waals surface area contributed by atoms with Gasteiger partial charge in [-0.2, -0.15) is 0 Å². The Morgan fingerprint density at radius 3 is 2.56 bits per heavy atom. The second-order valence-electron chi connectivity index (χ2n) is 6.74. The van der Waals surface area contributed by atoms with Crippen LogP contribution in [0.1, 0.15) is 5.69 Å². The van der Waals surface area contributed by atoms with Crippen molar-refractivity contribution in [2.75, 3.05) is 5.32 Å². The molecule has 0 unspecified atom stereocenters. The molecular weight excluding hydrogens is 442 g/mol. The molecule has 158 valence electrons. The number of anilines is 2.